The van der Waals surface area contributed by atoms with Gasteiger partial charge in [0.15, 0.2) is 0 Å². The van der Waals surface area contributed by atoms with Gasteiger partial charge in [-0.1, -0.05) is 0 Å². The van der Waals surface area contributed by atoms with Crippen LogP contribution in [0.3, 0.4) is 0 Å². The standard InChI is InChI=1S/C17H15F6NO3/c1-15(2,3)27-14(25)24-13-5-4-12(26-13)9-6-10(16(18,19)20)8-11(7-9)17(21,22)23/h4-8H,1-3H3,(H,24,25). The quantitative estimate of drug-likeness (QED) is 0.605. The van der Waals surface area contributed by atoms with Crippen LogP contribution < -0.4 is 5.32 Å². The molecular weight excluding hydrogens is 380 g/mol. The van der Waals surface area contributed by atoms with Gasteiger partial charge in [0.05, 0.1) is 11.1 Å². The van der Waals surface area contributed by atoms with Crippen molar-refractivity contribution in [3.8, 4) is 11.3 Å². The zero-order chi connectivity index (χ0) is 20.6. The van der Waals surface area contributed by atoms with Gasteiger partial charge in [-0.2, -0.15) is 26.3 Å². The summed E-state index contributed by atoms with van der Waals surface area (Å²) < 4.78 is 87.6. The first-order valence-corrected chi connectivity index (χ1v) is 7.55. The topological polar surface area (TPSA) is 51.5 Å². The summed E-state index contributed by atoms with van der Waals surface area (Å²) in [5.41, 5.74) is -4.17. The molecule has 0 aliphatic heterocycles. The van der Waals surface area contributed by atoms with E-state index in [0.717, 1.165) is 6.07 Å². The summed E-state index contributed by atoms with van der Waals surface area (Å²) in [5, 5.41) is 2.21. The predicted molar refractivity (Wildman–Crippen MR) is 84.0 cm³/mol. The average Bonchev–Trinajstić information content (AvgIpc) is 2.91. The lowest BCUT2D eigenvalue weighted by atomic mass is 10.0. The van der Waals surface area contributed by atoms with Crippen LogP contribution in [-0.2, 0) is 17.1 Å². The Hall–Kier alpha value is -2.65. The maximum atomic E-state index is 12.9. The SMILES string of the molecule is CC(C)(C)OC(=O)Nc1ccc(-c2cc(C(F)(F)F)cc(C(F)(F)F)c2)o1. The molecule has 1 heterocycles. The van der Waals surface area contributed by atoms with Gasteiger partial charge in [-0.25, -0.2) is 4.79 Å². The lowest BCUT2D eigenvalue weighted by Crippen LogP contribution is -2.27. The number of carbonyl (C=O) groups excluding carboxylic acids is 1. The molecule has 1 N–H and O–H groups in total. The molecule has 4 nitrogen and oxygen atoms in total. The van der Waals surface area contributed by atoms with Crippen LogP contribution in [0.1, 0.15) is 31.9 Å². The highest BCUT2D eigenvalue weighted by atomic mass is 19.4. The third kappa shape index (κ3) is 5.66. The summed E-state index contributed by atoms with van der Waals surface area (Å²) in [6.07, 6.45) is -10.8. The van der Waals surface area contributed by atoms with E-state index in [9.17, 15) is 31.1 Å². The number of anilines is 1. The lowest BCUT2D eigenvalue weighted by molar-refractivity contribution is -0.143. The summed E-state index contributed by atoms with van der Waals surface area (Å²) >= 11 is 0. The number of carbonyl (C=O) groups is 1. The van der Waals surface area contributed by atoms with Crippen molar-refractivity contribution in [1.29, 1.82) is 0 Å². The van der Waals surface area contributed by atoms with Crippen molar-refractivity contribution in [3.63, 3.8) is 0 Å². The van der Waals surface area contributed by atoms with Crippen LogP contribution in [0.5, 0.6) is 0 Å². The van der Waals surface area contributed by atoms with E-state index in [2.05, 4.69) is 5.32 Å². The fraction of sp³-hybridized carbons (Fsp3) is 0.353. The van der Waals surface area contributed by atoms with Gasteiger partial charge < -0.3 is 9.15 Å². The number of amides is 1. The number of benzene rings is 1. The van der Waals surface area contributed by atoms with E-state index in [1.165, 1.54) is 6.07 Å². The van der Waals surface area contributed by atoms with Crippen LogP contribution in [0.15, 0.2) is 34.7 Å². The van der Waals surface area contributed by atoms with Gasteiger partial charge in [0, 0.05) is 11.6 Å². The Morgan fingerprint density at radius 3 is 1.89 bits per heavy atom. The van der Waals surface area contributed by atoms with Crippen molar-refractivity contribution in [3.05, 3.63) is 41.5 Å². The molecule has 27 heavy (non-hydrogen) atoms. The van der Waals surface area contributed by atoms with E-state index in [1.54, 1.807) is 20.8 Å². The minimum atomic E-state index is -4.97. The van der Waals surface area contributed by atoms with Crippen molar-refractivity contribution in [2.45, 2.75) is 38.7 Å². The van der Waals surface area contributed by atoms with E-state index in [4.69, 9.17) is 9.15 Å². The number of rotatable bonds is 2. The summed E-state index contributed by atoms with van der Waals surface area (Å²) in [6.45, 7) is 4.84. The van der Waals surface area contributed by atoms with Gasteiger partial charge in [0.2, 0.25) is 5.88 Å². The van der Waals surface area contributed by atoms with E-state index in [0.29, 0.717) is 12.1 Å². The van der Waals surface area contributed by atoms with E-state index < -0.39 is 40.7 Å². The molecule has 0 saturated carbocycles. The zero-order valence-electron chi connectivity index (χ0n) is 14.4. The number of hydrogen-bond donors (Lipinski definition) is 1. The third-order valence-corrected chi connectivity index (χ3v) is 3.10. The zero-order valence-corrected chi connectivity index (χ0v) is 14.4. The summed E-state index contributed by atoms with van der Waals surface area (Å²) in [6, 6.07) is 3.41. The lowest BCUT2D eigenvalue weighted by Gasteiger charge is -2.18. The summed E-state index contributed by atoms with van der Waals surface area (Å²) in [4.78, 5) is 11.7. The van der Waals surface area contributed by atoms with Crippen molar-refractivity contribution < 1.29 is 40.3 Å². The third-order valence-electron chi connectivity index (χ3n) is 3.10. The Morgan fingerprint density at radius 1 is 0.926 bits per heavy atom. The average molecular weight is 395 g/mol. The molecule has 0 saturated heterocycles. The summed E-state index contributed by atoms with van der Waals surface area (Å²) in [5.74, 6) is -0.470. The van der Waals surface area contributed by atoms with Gasteiger partial charge >= 0.3 is 18.4 Å². The van der Waals surface area contributed by atoms with Gasteiger partial charge in [-0.05, 0) is 45.0 Å². The molecule has 1 aromatic carbocycles. The monoisotopic (exact) mass is 395 g/mol. The van der Waals surface area contributed by atoms with E-state index >= 15 is 0 Å². The maximum absolute atomic E-state index is 12.9. The Morgan fingerprint density at radius 2 is 1.44 bits per heavy atom. The van der Waals surface area contributed by atoms with Gasteiger partial charge in [-0.3, -0.25) is 5.32 Å². The Bertz CT molecular complexity index is 798. The van der Waals surface area contributed by atoms with Crippen LogP contribution in [0.4, 0.5) is 37.0 Å². The first kappa shape index (κ1) is 20.7. The largest absolute Gasteiger partial charge is 0.444 e. The van der Waals surface area contributed by atoms with E-state index in [1.807, 2.05) is 0 Å². The molecular formula is C17H15F6NO3. The van der Waals surface area contributed by atoms with Gasteiger partial charge in [0.1, 0.15) is 11.4 Å². The maximum Gasteiger partial charge on any atom is 0.416 e. The molecule has 0 aliphatic carbocycles. The molecule has 1 amide bonds. The highest BCUT2D eigenvalue weighted by molar-refractivity contribution is 5.83. The molecule has 1 aromatic heterocycles. The van der Waals surface area contributed by atoms with Crippen molar-refractivity contribution >= 4 is 12.0 Å². The molecule has 2 rings (SSSR count). The molecule has 0 bridgehead atoms. The molecule has 0 radical (unpaired) electrons. The Labute approximate surface area is 150 Å². The number of halogens is 6. The first-order chi connectivity index (χ1) is 12.1. The van der Waals surface area contributed by atoms with Gasteiger partial charge in [0.25, 0.3) is 0 Å². The summed E-state index contributed by atoms with van der Waals surface area (Å²) in [7, 11) is 0. The molecule has 0 fully saturated rings. The number of hydrogen-bond acceptors (Lipinski definition) is 3. The second-order valence-corrected chi connectivity index (χ2v) is 6.59. The number of ether oxygens (including phenoxy) is 1. The molecule has 2 aromatic rings. The number of furan rings is 1. The fourth-order valence-electron chi connectivity index (χ4n) is 2.06. The fourth-order valence-corrected chi connectivity index (χ4v) is 2.06. The van der Waals surface area contributed by atoms with Crippen LogP contribution in [0.2, 0.25) is 0 Å². The Balaban J connectivity index is 2.36. The van der Waals surface area contributed by atoms with Crippen molar-refractivity contribution in [1.82, 2.24) is 0 Å². The molecule has 0 atom stereocenters. The van der Waals surface area contributed by atoms with E-state index in [-0.39, 0.29) is 17.7 Å². The number of nitrogens with one attached hydrogen (secondary N) is 1. The number of alkyl halides is 6. The highest BCUT2D eigenvalue weighted by Gasteiger charge is 2.37. The molecule has 0 spiro atoms. The second-order valence-electron chi connectivity index (χ2n) is 6.59. The Kier molecular flexibility index (Phi) is 5.22. The molecule has 148 valence electrons. The molecule has 0 unspecified atom stereocenters. The predicted octanol–water partition coefficient (Wildman–Crippen LogP) is 6.33. The smallest absolute Gasteiger partial charge is 0.416 e. The minimum Gasteiger partial charge on any atom is -0.444 e. The van der Waals surface area contributed by atoms with Crippen LogP contribution in [-0.4, -0.2) is 11.7 Å². The van der Waals surface area contributed by atoms with Crippen LogP contribution in [0.25, 0.3) is 11.3 Å². The van der Waals surface area contributed by atoms with Crippen molar-refractivity contribution in [2.75, 3.05) is 5.32 Å². The van der Waals surface area contributed by atoms with Crippen LogP contribution in [0, 0.1) is 0 Å². The molecule has 0 aliphatic rings. The first-order valence-electron chi connectivity index (χ1n) is 7.55. The second kappa shape index (κ2) is 6.82. The van der Waals surface area contributed by atoms with Crippen molar-refractivity contribution in [2.24, 2.45) is 0 Å². The van der Waals surface area contributed by atoms with Gasteiger partial charge in [-0.15, -0.1) is 0 Å². The van der Waals surface area contributed by atoms with Crippen LogP contribution >= 0.6 is 0 Å². The minimum absolute atomic E-state index is 0.0201. The highest BCUT2D eigenvalue weighted by Crippen LogP contribution is 2.39. The molecule has 10 heteroatoms. The normalized spacial score (nSPS) is 12.8.